The van der Waals surface area contributed by atoms with Crippen molar-refractivity contribution in [3.63, 3.8) is 0 Å². The van der Waals surface area contributed by atoms with Gasteiger partial charge in [-0.15, -0.1) is 0 Å². The number of nitrogens with one attached hydrogen (secondary N) is 2. The highest BCUT2D eigenvalue weighted by atomic mass is 79.9. The lowest BCUT2D eigenvalue weighted by atomic mass is 10.2. The second-order valence-corrected chi connectivity index (χ2v) is 6.29. The van der Waals surface area contributed by atoms with Gasteiger partial charge < -0.3 is 5.32 Å². The molecule has 1 aromatic rings. The van der Waals surface area contributed by atoms with Crippen LogP contribution in [-0.4, -0.2) is 25.5 Å². The number of carbonyl (C=O) groups is 1. The van der Waals surface area contributed by atoms with Crippen LogP contribution >= 0.6 is 15.9 Å². The number of hydrogen-bond donors (Lipinski definition) is 2. The molecule has 0 aliphatic rings. The van der Waals surface area contributed by atoms with Crippen molar-refractivity contribution in [3.05, 3.63) is 29.8 Å². The van der Waals surface area contributed by atoms with E-state index in [2.05, 4.69) is 26.0 Å². The minimum absolute atomic E-state index is 0.189. The van der Waals surface area contributed by atoms with Crippen molar-refractivity contribution >= 4 is 37.5 Å². The number of halogens is 1. The maximum absolute atomic E-state index is 11.5. The molecule has 17 heavy (non-hydrogen) atoms. The van der Waals surface area contributed by atoms with E-state index in [1.165, 1.54) is 6.07 Å². The number of anilines is 1. The van der Waals surface area contributed by atoms with Gasteiger partial charge in [-0.25, -0.2) is 8.42 Å². The molecule has 5 nitrogen and oxygen atoms in total. The molecule has 0 radical (unpaired) electrons. The molecule has 0 saturated heterocycles. The summed E-state index contributed by atoms with van der Waals surface area (Å²) in [6.45, 7) is 2.34. The first-order valence-corrected chi connectivity index (χ1v) is 7.70. The van der Waals surface area contributed by atoms with Crippen molar-refractivity contribution in [1.29, 1.82) is 0 Å². The quantitative estimate of drug-likeness (QED) is 0.808. The Bertz CT molecular complexity index is 502. The molecule has 0 atom stereocenters. The highest BCUT2D eigenvalue weighted by Gasteiger charge is 2.09. The van der Waals surface area contributed by atoms with E-state index in [4.69, 9.17) is 0 Å². The van der Waals surface area contributed by atoms with Crippen LogP contribution in [0.15, 0.2) is 24.3 Å². The Morgan fingerprint density at radius 2 is 2.12 bits per heavy atom. The van der Waals surface area contributed by atoms with Gasteiger partial charge >= 0.3 is 0 Å². The molecule has 0 saturated carbocycles. The first-order valence-electron chi connectivity index (χ1n) is 4.93. The standard InChI is InChI=1S/C10H13BrN2O3S/c1-2-12-10(14)8-4-3-5-9(6-8)13-17(15,16)7-11/h3-6,13H,2,7H2,1H3,(H,12,14). The van der Waals surface area contributed by atoms with Crippen molar-refractivity contribution in [2.45, 2.75) is 6.92 Å². The summed E-state index contributed by atoms with van der Waals surface area (Å²) < 4.78 is 24.8. The Morgan fingerprint density at radius 3 is 2.71 bits per heavy atom. The molecule has 2 N–H and O–H groups in total. The summed E-state index contributed by atoms with van der Waals surface area (Å²) in [5.41, 5.74) is 0.787. The summed E-state index contributed by atoms with van der Waals surface area (Å²) in [6, 6.07) is 6.32. The minimum atomic E-state index is -3.39. The summed E-state index contributed by atoms with van der Waals surface area (Å²) >= 11 is 2.87. The molecular weight excluding hydrogens is 308 g/mol. The van der Waals surface area contributed by atoms with E-state index in [9.17, 15) is 13.2 Å². The number of alkyl halides is 1. The average Bonchev–Trinajstić information content (AvgIpc) is 2.29. The first-order chi connectivity index (χ1) is 7.98. The maximum Gasteiger partial charge on any atom is 0.251 e. The lowest BCUT2D eigenvalue weighted by Crippen LogP contribution is -2.22. The second kappa shape index (κ2) is 6.02. The second-order valence-electron chi connectivity index (χ2n) is 3.27. The minimum Gasteiger partial charge on any atom is -0.352 e. The number of hydrogen-bond acceptors (Lipinski definition) is 3. The zero-order chi connectivity index (χ0) is 12.9. The van der Waals surface area contributed by atoms with Crippen LogP contribution in [-0.2, 0) is 10.0 Å². The van der Waals surface area contributed by atoms with Crippen molar-refractivity contribution in [1.82, 2.24) is 5.32 Å². The smallest absolute Gasteiger partial charge is 0.251 e. The largest absolute Gasteiger partial charge is 0.352 e. The zero-order valence-corrected chi connectivity index (χ0v) is 11.6. The zero-order valence-electron chi connectivity index (χ0n) is 9.23. The lowest BCUT2D eigenvalue weighted by Gasteiger charge is -2.07. The van der Waals surface area contributed by atoms with Gasteiger partial charge in [0.2, 0.25) is 10.0 Å². The van der Waals surface area contributed by atoms with Crippen molar-refractivity contribution in [2.75, 3.05) is 15.9 Å². The van der Waals surface area contributed by atoms with Crippen LogP contribution in [0.1, 0.15) is 17.3 Å². The van der Waals surface area contributed by atoms with Gasteiger partial charge in [0.05, 0.1) is 0 Å². The van der Waals surface area contributed by atoms with Gasteiger partial charge in [-0.2, -0.15) is 0 Å². The molecule has 0 bridgehead atoms. The Balaban J connectivity index is 2.90. The van der Waals surface area contributed by atoms with Crippen LogP contribution < -0.4 is 10.0 Å². The number of benzene rings is 1. The SMILES string of the molecule is CCNC(=O)c1cccc(NS(=O)(=O)CBr)c1. The van der Waals surface area contributed by atoms with Gasteiger partial charge in [0.1, 0.15) is 4.66 Å². The first kappa shape index (κ1) is 14.0. The average molecular weight is 321 g/mol. The van der Waals surface area contributed by atoms with Crippen LogP contribution in [0.2, 0.25) is 0 Å². The summed E-state index contributed by atoms with van der Waals surface area (Å²) in [5, 5.41) is 2.64. The summed E-state index contributed by atoms with van der Waals surface area (Å²) in [4.78, 5) is 11.5. The van der Waals surface area contributed by atoms with E-state index in [1.54, 1.807) is 18.2 Å². The number of amides is 1. The Kier molecular flexibility index (Phi) is 4.95. The van der Waals surface area contributed by atoms with E-state index in [0.717, 1.165) is 0 Å². The van der Waals surface area contributed by atoms with Gasteiger partial charge in [-0.05, 0) is 25.1 Å². The molecule has 0 fully saturated rings. The van der Waals surface area contributed by atoms with E-state index in [1.807, 2.05) is 6.92 Å². The normalized spacial score (nSPS) is 10.9. The lowest BCUT2D eigenvalue weighted by molar-refractivity contribution is 0.0956. The highest BCUT2D eigenvalue weighted by Crippen LogP contribution is 2.13. The van der Waals surface area contributed by atoms with Crippen LogP contribution in [0, 0.1) is 0 Å². The monoisotopic (exact) mass is 320 g/mol. The van der Waals surface area contributed by atoms with Crippen LogP contribution in [0.5, 0.6) is 0 Å². The fourth-order valence-electron chi connectivity index (χ4n) is 1.19. The fourth-order valence-corrected chi connectivity index (χ4v) is 2.08. The fraction of sp³-hybridized carbons (Fsp3) is 0.300. The molecule has 94 valence electrons. The van der Waals surface area contributed by atoms with Gasteiger partial charge in [-0.1, -0.05) is 22.0 Å². The number of carbonyl (C=O) groups excluding carboxylic acids is 1. The third-order valence-corrected chi connectivity index (χ3v) is 4.52. The van der Waals surface area contributed by atoms with Gasteiger partial charge in [0.25, 0.3) is 5.91 Å². The van der Waals surface area contributed by atoms with E-state index in [-0.39, 0.29) is 10.6 Å². The number of rotatable bonds is 5. The molecule has 0 unspecified atom stereocenters. The molecule has 1 aromatic carbocycles. The Morgan fingerprint density at radius 1 is 1.41 bits per heavy atom. The Hall–Kier alpha value is -1.08. The van der Waals surface area contributed by atoms with Crippen molar-refractivity contribution < 1.29 is 13.2 Å². The predicted octanol–water partition coefficient (Wildman–Crippen LogP) is 1.53. The van der Waals surface area contributed by atoms with Crippen LogP contribution in [0.3, 0.4) is 0 Å². The van der Waals surface area contributed by atoms with Crippen LogP contribution in [0.25, 0.3) is 0 Å². The summed E-state index contributed by atoms with van der Waals surface area (Å²) in [6.07, 6.45) is 0. The summed E-state index contributed by atoms with van der Waals surface area (Å²) in [5.74, 6) is -0.229. The molecule has 0 aromatic heterocycles. The van der Waals surface area contributed by atoms with E-state index in [0.29, 0.717) is 17.8 Å². The third-order valence-electron chi connectivity index (χ3n) is 1.88. The molecule has 0 spiro atoms. The van der Waals surface area contributed by atoms with E-state index >= 15 is 0 Å². The van der Waals surface area contributed by atoms with Crippen LogP contribution in [0.4, 0.5) is 5.69 Å². The predicted molar refractivity (Wildman–Crippen MR) is 70.8 cm³/mol. The topological polar surface area (TPSA) is 75.3 Å². The van der Waals surface area contributed by atoms with Crippen molar-refractivity contribution in [3.8, 4) is 0 Å². The third kappa shape index (κ3) is 4.35. The summed E-state index contributed by atoms with van der Waals surface area (Å²) in [7, 11) is -3.39. The molecule has 1 amide bonds. The molecular formula is C10H13BrN2O3S. The molecule has 0 aliphatic carbocycles. The van der Waals surface area contributed by atoms with Crippen molar-refractivity contribution in [2.24, 2.45) is 0 Å². The number of sulfonamides is 1. The Labute approximate surface area is 109 Å². The van der Waals surface area contributed by atoms with Gasteiger partial charge in [-0.3, -0.25) is 9.52 Å². The van der Waals surface area contributed by atoms with Gasteiger partial charge in [0.15, 0.2) is 0 Å². The van der Waals surface area contributed by atoms with Gasteiger partial charge in [0, 0.05) is 17.8 Å². The maximum atomic E-state index is 11.5. The molecule has 0 heterocycles. The molecule has 0 aliphatic heterocycles. The highest BCUT2D eigenvalue weighted by molar-refractivity contribution is 9.10. The van der Waals surface area contributed by atoms with E-state index < -0.39 is 10.0 Å². The molecule has 7 heteroatoms. The molecule has 1 rings (SSSR count).